The number of aliphatic hydroxyl groups excluding tert-OH is 1. The molecule has 152 valence electrons. The third kappa shape index (κ3) is 4.74. The molecule has 3 aromatic rings. The molecule has 4 rings (SSSR count). The normalized spacial score (nSPS) is 22.0. The molecule has 3 atom stereocenters. The van der Waals surface area contributed by atoms with Crippen molar-refractivity contribution in [3.63, 3.8) is 0 Å². The maximum Gasteiger partial charge on any atom is 0.123 e. The number of hydrogen-bond acceptors (Lipinski definition) is 3. The second-order valence-electron chi connectivity index (χ2n) is 7.66. The van der Waals surface area contributed by atoms with Gasteiger partial charge in [-0.15, -0.1) is 11.3 Å². The highest BCUT2D eigenvalue weighted by molar-refractivity contribution is 7.15. The van der Waals surface area contributed by atoms with Crippen molar-refractivity contribution >= 4 is 11.3 Å². The first-order valence-electron chi connectivity index (χ1n) is 9.85. The summed E-state index contributed by atoms with van der Waals surface area (Å²) in [4.78, 5) is 2.33. The number of aryl methyl sites for hydroxylation is 1. The second-order valence-corrected chi connectivity index (χ2v) is 8.83. The molecule has 0 radical (unpaired) electrons. The summed E-state index contributed by atoms with van der Waals surface area (Å²) < 4.78 is 32.1. The highest BCUT2D eigenvalue weighted by Gasteiger charge is 2.29. The summed E-state index contributed by atoms with van der Waals surface area (Å²) in [7, 11) is 0. The number of halogens is 2. The molecule has 1 fully saturated rings. The van der Waals surface area contributed by atoms with Crippen LogP contribution in [0.2, 0.25) is 0 Å². The molecule has 0 saturated carbocycles. The van der Waals surface area contributed by atoms with Gasteiger partial charge in [0.25, 0.3) is 0 Å². The van der Waals surface area contributed by atoms with Gasteiger partial charge in [0.15, 0.2) is 0 Å². The molecule has 1 N–H and O–H groups in total. The fourth-order valence-corrected chi connectivity index (χ4v) is 4.85. The molecule has 1 aliphatic rings. The van der Waals surface area contributed by atoms with E-state index in [0.717, 1.165) is 22.4 Å². The van der Waals surface area contributed by atoms with Crippen molar-refractivity contribution < 1.29 is 18.6 Å². The van der Waals surface area contributed by atoms with E-state index in [1.807, 2.05) is 6.07 Å². The third-order valence-corrected chi connectivity index (χ3v) is 6.58. The maximum atomic E-state index is 13.2. The number of benzene rings is 2. The van der Waals surface area contributed by atoms with E-state index in [9.17, 15) is 13.9 Å². The van der Waals surface area contributed by atoms with Crippen LogP contribution in [0.3, 0.4) is 0 Å². The molecule has 0 bridgehead atoms. The Bertz CT molecular complexity index is 967. The van der Waals surface area contributed by atoms with Crippen LogP contribution >= 0.6 is 11.3 Å². The number of rotatable bonds is 5. The first-order valence-corrected chi connectivity index (χ1v) is 10.7. The lowest BCUT2D eigenvalue weighted by Gasteiger charge is -2.32. The van der Waals surface area contributed by atoms with Crippen LogP contribution in [0, 0.1) is 12.7 Å². The number of ether oxygens (including phenoxy) is 1. The number of thiophene rings is 1. The lowest BCUT2D eigenvalue weighted by molar-refractivity contribution is -0.104. The van der Waals surface area contributed by atoms with Crippen molar-refractivity contribution in [3.05, 3.63) is 82.0 Å². The standard InChI is InChI=1S/C24H24F2O2S/c1-15-2-3-17(23-13-20(27)12-21(14-25)28-23)10-18(15)11-22-8-9-24(29-22)16-4-6-19(26)7-5-16/h2-10,20-21,23,27H,11-14H2,1H3/t20-,21-,23+/m0/s1. The van der Waals surface area contributed by atoms with E-state index in [0.29, 0.717) is 12.8 Å². The van der Waals surface area contributed by atoms with Crippen LogP contribution in [-0.4, -0.2) is 24.0 Å². The van der Waals surface area contributed by atoms with Crippen molar-refractivity contribution in [2.45, 2.75) is 44.5 Å². The van der Waals surface area contributed by atoms with Crippen molar-refractivity contribution in [3.8, 4) is 10.4 Å². The molecular weight excluding hydrogens is 390 g/mol. The average Bonchev–Trinajstić information content (AvgIpc) is 3.18. The minimum absolute atomic E-state index is 0.233. The predicted molar refractivity (Wildman–Crippen MR) is 113 cm³/mol. The minimum atomic E-state index is -0.576. The lowest BCUT2D eigenvalue weighted by atomic mass is 9.93. The monoisotopic (exact) mass is 414 g/mol. The number of aliphatic hydroxyl groups is 1. The van der Waals surface area contributed by atoms with Crippen LogP contribution in [-0.2, 0) is 11.2 Å². The Morgan fingerprint density at radius 1 is 1.07 bits per heavy atom. The summed E-state index contributed by atoms with van der Waals surface area (Å²) in [5.41, 5.74) is 4.37. The Morgan fingerprint density at radius 3 is 2.62 bits per heavy atom. The molecule has 1 aliphatic heterocycles. The van der Waals surface area contributed by atoms with E-state index < -0.39 is 18.9 Å². The topological polar surface area (TPSA) is 29.5 Å². The van der Waals surface area contributed by atoms with E-state index in [1.165, 1.54) is 28.1 Å². The fraction of sp³-hybridized carbons (Fsp3) is 0.333. The van der Waals surface area contributed by atoms with Gasteiger partial charge in [-0.1, -0.05) is 30.3 Å². The molecular formula is C24H24F2O2S. The Balaban J connectivity index is 1.53. The predicted octanol–water partition coefficient (Wildman–Crippen LogP) is 6.00. The van der Waals surface area contributed by atoms with E-state index in [-0.39, 0.29) is 11.9 Å². The maximum absolute atomic E-state index is 13.2. The molecule has 1 saturated heterocycles. The summed E-state index contributed by atoms with van der Waals surface area (Å²) in [5.74, 6) is -0.233. The van der Waals surface area contributed by atoms with Crippen molar-refractivity contribution in [2.75, 3.05) is 6.67 Å². The molecule has 2 nitrogen and oxygen atoms in total. The van der Waals surface area contributed by atoms with Gasteiger partial charge in [0.2, 0.25) is 0 Å². The highest BCUT2D eigenvalue weighted by atomic mass is 32.1. The minimum Gasteiger partial charge on any atom is -0.393 e. The van der Waals surface area contributed by atoms with Gasteiger partial charge in [-0.2, -0.15) is 0 Å². The summed E-state index contributed by atoms with van der Waals surface area (Å²) in [6, 6.07) is 16.9. The van der Waals surface area contributed by atoms with Crippen LogP contribution in [0.4, 0.5) is 8.78 Å². The zero-order chi connectivity index (χ0) is 20.4. The van der Waals surface area contributed by atoms with E-state index in [2.05, 4.69) is 31.2 Å². The molecule has 2 heterocycles. The van der Waals surface area contributed by atoms with Crippen molar-refractivity contribution in [2.24, 2.45) is 0 Å². The van der Waals surface area contributed by atoms with Gasteiger partial charge in [0, 0.05) is 29.0 Å². The van der Waals surface area contributed by atoms with E-state index >= 15 is 0 Å². The van der Waals surface area contributed by atoms with Crippen LogP contribution < -0.4 is 0 Å². The molecule has 0 amide bonds. The van der Waals surface area contributed by atoms with Crippen LogP contribution in [0.15, 0.2) is 54.6 Å². The smallest absolute Gasteiger partial charge is 0.123 e. The van der Waals surface area contributed by atoms with Gasteiger partial charge >= 0.3 is 0 Å². The average molecular weight is 415 g/mol. The summed E-state index contributed by atoms with van der Waals surface area (Å²) in [5, 5.41) is 10.1. The Hall–Kier alpha value is -2.08. The van der Waals surface area contributed by atoms with Gasteiger partial charge in [-0.25, -0.2) is 8.78 Å². The first-order chi connectivity index (χ1) is 14.0. The fourth-order valence-electron chi connectivity index (χ4n) is 3.82. The number of alkyl halides is 1. The Labute approximate surface area is 173 Å². The Kier molecular flexibility index (Phi) is 6.09. The quantitative estimate of drug-likeness (QED) is 0.554. The zero-order valence-electron chi connectivity index (χ0n) is 16.3. The third-order valence-electron chi connectivity index (χ3n) is 5.45. The van der Waals surface area contributed by atoms with Crippen LogP contribution in [0.25, 0.3) is 10.4 Å². The SMILES string of the molecule is Cc1ccc([C@H]2C[C@@H](O)C[C@@H](CF)O2)cc1Cc1ccc(-c2ccc(F)cc2)s1. The molecule has 0 unspecified atom stereocenters. The van der Waals surface area contributed by atoms with Crippen LogP contribution in [0.5, 0.6) is 0 Å². The number of hydrogen-bond donors (Lipinski definition) is 1. The highest BCUT2D eigenvalue weighted by Crippen LogP contribution is 2.34. The molecule has 1 aromatic heterocycles. The van der Waals surface area contributed by atoms with E-state index in [1.54, 1.807) is 23.5 Å². The van der Waals surface area contributed by atoms with Gasteiger partial charge in [0.05, 0.1) is 18.3 Å². The van der Waals surface area contributed by atoms with Gasteiger partial charge in [-0.05, 0) is 53.4 Å². The summed E-state index contributed by atoms with van der Waals surface area (Å²) in [6.45, 7) is 1.50. The van der Waals surface area contributed by atoms with Gasteiger partial charge in [0.1, 0.15) is 12.5 Å². The van der Waals surface area contributed by atoms with Crippen molar-refractivity contribution in [1.29, 1.82) is 0 Å². The summed E-state index contributed by atoms with van der Waals surface area (Å²) in [6.07, 6.45) is 0.281. The van der Waals surface area contributed by atoms with Crippen molar-refractivity contribution in [1.82, 2.24) is 0 Å². The molecule has 2 aromatic carbocycles. The molecule has 29 heavy (non-hydrogen) atoms. The first kappa shape index (κ1) is 20.2. The molecule has 5 heteroatoms. The van der Waals surface area contributed by atoms with E-state index in [4.69, 9.17) is 4.74 Å². The second kappa shape index (κ2) is 8.74. The lowest BCUT2D eigenvalue weighted by Crippen LogP contribution is -2.32. The zero-order valence-corrected chi connectivity index (χ0v) is 17.1. The summed E-state index contributed by atoms with van der Waals surface area (Å²) >= 11 is 1.70. The molecule has 0 aliphatic carbocycles. The van der Waals surface area contributed by atoms with Gasteiger partial charge < -0.3 is 9.84 Å². The van der Waals surface area contributed by atoms with Crippen LogP contribution in [0.1, 0.15) is 40.5 Å². The Morgan fingerprint density at radius 2 is 1.86 bits per heavy atom. The molecule has 0 spiro atoms. The van der Waals surface area contributed by atoms with Gasteiger partial charge in [-0.3, -0.25) is 0 Å². The largest absolute Gasteiger partial charge is 0.393 e.